The van der Waals surface area contributed by atoms with Crippen LogP contribution in [-0.2, 0) is 17.6 Å². The molecule has 1 aliphatic carbocycles. The lowest BCUT2D eigenvalue weighted by molar-refractivity contribution is -0.115. The molecule has 2 rings (SSSR count). The third kappa shape index (κ3) is 3.55. The quantitative estimate of drug-likeness (QED) is 0.821. The van der Waals surface area contributed by atoms with E-state index in [9.17, 15) is 9.59 Å². The van der Waals surface area contributed by atoms with Crippen LogP contribution in [-0.4, -0.2) is 23.8 Å². The molecule has 0 bridgehead atoms. The van der Waals surface area contributed by atoms with Crippen molar-refractivity contribution in [3.05, 3.63) is 16.0 Å². The lowest BCUT2D eigenvalue weighted by Gasteiger charge is -2.05. The molecule has 0 aliphatic heterocycles. The number of aryl methyl sites for hydroxylation is 1. The summed E-state index contributed by atoms with van der Waals surface area (Å²) in [5.41, 5.74) is 7.14. The Balaban J connectivity index is 2.24. The number of carbonyl (C=O) groups excluding carboxylic acids is 2. The average molecular weight is 312 g/mol. The molecule has 1 aromatic rings. The molecule has 2 amide bonds. The topological polar surface area (TPSA) is 72.2 Å². The lowest BCUT2D eigenvalue weighted by Crippen LogP contribution is -2.18. The highest BCUT2D eigenvalue weighted by atomic mass is 32.2. The van der Waals surface area contributed by atoms with Crippen LogP contribution < -0.4 is 11.1 Å². The van der Waals surface area contributed by atoms with Gasteiger partial charge in [-0.25, -0.2) is 0 Å². The van der Waals surface area contributed by atoms with Gasteiger partial charge < -0.3 is 11.1 Å². The summed E-state index contributed by atoms with van der Waals surface area (Å²) in [6.07, 6.45) is 7.73. The summed E-state index contributed by atoms with van der Waals surface area (Å²) in [5.74, 6) is 0.311. The fraction of sp³-hybridized carbons (Fsp3) is 0.571. The molecule has 0 radical (unpaired) electrons. The van der Waals surface area contributed by atoms with E-state index in [-0.39, 0.29) is 5.91 Å². The summed E-state index contributed by atoms with van der Waals surface area (Å²) < 4.78 is 0. The molecular formula is C14H20N2O2S2. The van der Waals surface area contributed by atoms with E-state index < -0.39 is 5.91 Å². The van der Waals surface area contributed by atoms with Gasteiger partial charge in [0.2, 0.25) is 5.91 Å². The minimum atomic E-state index is -0.426. The number of carbonyl (C=O) groups is 2. The Bertz CT molecular complexity index is 512. The van der Waals surface area contributed by atoms with Crippen molar-refractivity contribution in [3.8, 4) is 0 Å². The predicted molar refractivity (Wildman–Crippen MR) is 85.7 cm³/mol. The minimum absolute atomic E-state index is 0.0433. The van der Waals surface area contributed by atoms with Crippen LogP contribution in [0.2, 0.25) is 0 Å². The van der Waals surface area contributed by atoms with Gasteiger partial charge in [0.25, 0.3) is 5.91 Å². The van der Waals surface area contributed by atoms with E-state index in [4.69, 9.17) is 5.73 Å². The molecule has 110 valence electrons. The normalized spacial score (nSPS) is 14.4. The Kier molecular flexibility index (Phi) is 5.48. The molecule has 0 unspecified atom stereocenters. The van der Waals surface area contributed by atoms with Gasteiger partial charge in [-0.3, -0.25) is 9.59 Å². The zero-order chi connectivity index (χ0) is 14.5. The first-order valence-electron chi connectivity index (χ1n) is 6.86. The molecule has 0 atom stereocenters. The van der Waals surface area contributed by atoms with Gasteiger partial charge >= 0.3 is 0 Å². The van der Waals surface area contributed by atoms with Crippen molar-refractivity contribution in [2.45, 2.75) is 38.5 Å². The third-order valence-electron chi connectivity index (χ3n) is 3.45. The number of thiophene rings is 1. The first-order valence-corrected chi connectivity index (χ1v) is 9.07. The molecule has 3 N–H and O–H groups in total. The van der Waals surface area contributed by atoms with Gasteiger partial charge in [0.05, 0.1) is 5.56 Å². The van der Waals surface area contributed by atoms with E-state index in [0.29, 0.717) is 17.0 Å². The standard InChI is InChI=1S/C14H20N2O2S2/c1-19-8-7-11(17)16-14-12(13(15)18)9-5-3-2-4-6-10(9)20-14/h2-8H2,1H3,(H2,15,18)(H,16,17). The van der Waals surface area contributed by atoms with Crippen LogP contribution >= 0.6 is 23.1 Å². The van der Waals surface area contributed by atoms with E-state index in [1.165, 1.54) is 22.6 Å². The Morgan fingerprint density at radius 2 is 2.05 bits per heavy atom. The van der Waals surface area contributed by atoms with Crippen molar-refractivity contribution in [2.75, 3.05) is 17.3 Å². The van der Waals surface area contributed by atoms with Crippen LogP contribution in [0.3, 0.4) is 0 Å². The number of nitrogens with two attached hydrogens (primary N) is 1. The zero-order valence-electron chi connectivity index (χ0n) is 11.7. The number of anilines is 1. The van der Waals surface area contributed by atoms with Gasteiger partial charge in [0.1, 0.15) is 5.00 Å². The number of amides is 2. The SMILES string of the molecule is CSCCC(=O)Nc1sc2c(c1C(N)=O)CCCCC2. The van der Waals surface area contributed by atoms with Gasteiger partial charge in [-0.15, -0.1) is 11.3 Å². The van der Waals surface area contributed by atoms with Crippen molar-refractivity contribution in [1.82, 2.24) is 0 Å². The van der Waals surface area contributed by atoms with Crippen LogP contribution in [0, 0.1) is 0 Å². The summed E-state index contributed by atoms with van der Waals surface area (Å²) in [6.45, 7) is 0. The van der Waals surface area contributed by atoms with Crippen molar-refractivity contribution < 1.29 is 9.59 Å². The molecule has 0 fully saturated rings. The van der Waals surface area contributed by atoms with Gasteiger partial charge in [0.15, 0.2) is 0 Å². The Morgan fingerprint density at radius 1 is 1.30 bits per heavy atom. The maximum Gasteiger partial charge on any atom is 0.251 e. The van der Waals surface area contributed by atoms with E-state index in [1.807, 2.05) is 6.26 Å². The molecule has 0 saturated carbocycles. The predicted octanol–water partition coefficient (Wildman–Crippen LogP) is 2.81. The minimum Gasteiger partial charge on any atom is -0.365 e. The number of fused-ring (bicyclic) bond motifs is 1. The molecule has 4 nitrogen and oxygen atoms in total. The molecular weight excluding hydrogens is 292 g/mol. The maximum absolute atomic E-state index is 11.9. The second-order valence-electron chi connectivity index (χ2n) is 4.92. The molecule has 1 heterocycles. The van der Waals surface area contributed by atoms with E-state index >= 15 is 0 Å². The van der Waals surface area contributed by atoms with Crippen LogP contribution in [0.4, 0.5) is 5.00 Å². The van der Waals surface area contributed by atoms with Crippen molar-refractivity contribution in [2.24, 2.45) is 5.73 Å². The Morgan fingerprint density at radius 3 is 2.75 bits per heavy atom. The smallest absolute Gasteiger partial charge is 0.251 e. The van der Waals surface area contributed by atoms with E-state index in [2.05, 4.69) is 5.32 Å². The fourth-order valence-corrected chi connectivity index (χ4v) is 4.18. The first-order chi connectivity index (χ1) is 9.63. The highest BCUT2D eigenvalue weighted by Gasteiger charge is 2.23. The molecule has 0 aromatic carbocycles. The van der Waals surface area contributed by atoms with Gasteiger partial charge in [-0.1, -0.05) is 6.42 Å². The van der Waals surface area contributed by atoms with Gasteiger partial charge in [-0.2, -0.15) is 11.8 Å². The molecule has 0 spiro atoms. The Labute approximate surface area is 127 Å². The molecule has 20 heavy (non-hydrogen) atoms. The maximum atomic E-state index is 11.9. The number of hydrogen-bond donors (Lipinski definition) is 2. The molecule has 0 saturated heterocycles. The molecule has 1 aromatic heterocycles. The van der Waals surface area contributed by atoms with Crippen LogP contribution in [0.15, 0.2) is 0 Å². The number of hydrogen-bond acceptors (Lipinski definition) is 4. The Hall–Kier alpha value is -1.01. The van der Waals surface area contributed by atoms with E-state index in [0.717, 1.165) is 37.0 Å². The molecule has 6 heteroatoms. The first kappa shape index (κ1) is 15.4. The second kappa shape index (κ2) is 7.13. The van der Waals surface area contributed by atoms with Gasteiger partial charge in [0, 0.05) is 17.1 Å². The van der Waals surface area contributed by atoms with Crippen molar-refractivity contribution in [1.29, 1.82) is 0 Å². The summed E-state index contributed by atoms with van der Waals surface area (Å²) in [7, 11) is 0. The summed E-state index contributed by atoms with van der Waals surface area (Å²) in [6, 6.07) is 0. The average Bonchev–Trinajstić information content (AvgIpc) is 2.58. The number of rotatable bonds is 5. The third-order valence-corrected chi connectivity index (χ3v) is 5.27. The van der Waals surface area contributed by atoms with Crippen LogP contribution in [0.25, 0.3) is 0 Å². The molecule has 1 aliphatic rings. The summed E-state index contributed by atoms with van der Waals surface area (Å²) in [4.78, 5) is 24.8. The largest absolute Gasteiger partial charge is 0.365 e. The highest BCUT2D eigenvalue weighted by Crippen LogP contribution is 2.37. The highest BCUT2D eigenvalue weighted by molar-refractivity contribution is 7.98. The second-order valence-corrected chi connectivity index (χ2v) is 7.01. The van der Waals surface area contributed by atoms with Crippen LogP contribution in [0.5, 0.6) is 0 Å². The summed E-state index contributed by atoms with van der Waals surface area (Å²) >= 11 is 3.16. The number of primary amides is 1. The lowest BCUT2D eigenvalue weighted by atomic mass is 10.1. The zero-order valence-corrected chi connectivity index (χ0v) is 13.3. The van der Waals surface area contributed by atoms with Crippen LogP contribution in [0.1, 0.15) is 46.5 Å². The van der Waals surface area contributed by atoms with E-state index in [1.54, 1.807) is 11.8 Å². The number of nitrogens with one attached hydrogen (secondary N) is 1. The number of thioether (sulfide) groups is 1. The van der Waals surface area contributed by atoms with Gasteiger partial charge in [-0.05, 0) is 37.5 Å². The monoisotopic (exact) mass is 312 g/mol. The van der Waals surface area contributed by atoms with Crippen molar-refractivity contribution in [3.63, 3.8) is 0 Å². The summed E-state index contributed by atoms with van der Waals surface area (Å²) in [5, 5.41) is 3.52. The fourth-order valence-electron chi connectivity index (χ4n) is 2.48. The van der Waals surface area contributed by atoms with Crippen molar-refractivity contribution >= 4 is 39.9 Å².